The molecule has 1 fully saturated rings. The Balaban J connectivity index is 1.46. The third-order valence-corrected chi connectivity index (χ3v) is 5.57. The van der Waals surface area contributed by atoms with Crippen molar-refractivity contribution >= 4 is 40.3 Å². The van der Waals surface area contributed by atoms with Crippen molar-refractivity contribution in [2.24, 2.45) is 5.73 Å². The number of amides is 2. The van der Waals surface area contributed by atoms with Crippen molar-refractivity contribution in [2.75, 3.05) is 26.2 Å². The molecule has 9 nitrogen and oxygen atoms in total. The Morgan fingerprint density at radius 3 is 2.48 bits per heavy atom. The van der Waals surface area contributed by atoms with Crippen molar-refractivity contribution in [2.45, 2.75) is 6.54 Å². The van der Waals surface area contributed by atoms with Gasteiger partial charge >= 0.3 is 0 Å². The van der Waals surface area contributed by atoms with Crippen LogP contribution in [-0.4, -0.2) is 67.9 Å². The Morgan fingerprint density at radius 1 is 1.07 bits per heavy atom. The molecule has 0 saturated carbocycles. The molecular weight excluding hydrogens is 392 g/mol. The van der Waals surface area contributed by atoms with Gasteiger partial charge in [0.15, 0.2) is 5.65 Å². The van der Waals surface area contributed by atoms with Crippen molar-refractivity contribution in [3.8, 4) is 0 Å². The van der Waals surface area contributed by atoms with Crippen LogP contribution in [0.5, 0.6) is 0 Å². The third-order valence-electron chi connectivity index (χ3n) is 4.75. The molecule has 4 rings (SSSR count). The minimum absolute atomic E-state index is 0.00216. The smallest absolute Gasteiger partial charge is 0.290 e. The van der Waals surface area contributed by atoms with E-state index in [-0.39, 0.29) is 27.6 Å². The zero-order chi connectivity index (χ0) is 20.4. The van der Waals surface area contributed by atoms with Crippen LogP contribution in [0.1, 0.15) is 25.7 Å². The summed E-state index contributed by atoms with van der Waals surface area (Å²) >= 11 is 0.799. The molecule has 0 radical (unpaired) electrons. The van der Waals surface area contributed by atoms with Gasteiger partial charge in [-0.1, -0.05) is 30.3 Å². The molecular formula is C19H18N6O3S. The second-order valence-electron chi connectivity index (χ2n) is 6.69. The summed E-state index contributed by atoms with van der Waals surface area (Å²) in [6, 6.07) is 10.2. The molecule has 10 heteroatoms. The van der Waals surface area contributed by atoms with Crippen molar-refractivity contribution in [1.29, 1.82) is 0 Å². The van der Waals surface area contributed by atoms with Crippen LogP contribution in [0.2, 0.25) is 0 Å². The zero-order valence-electron chi connectivity index (χ0n) is 15.4. The number of carbonyl (C=O) groups is 3. The Labute approximate surface area is 170 Å². The minimum atomic E-state index is -1.09. The molecule has 0 spiro atoms. The molecule has 0 atom stereocenters. The van der Waals surface area contributed by atoms with Gasteiger partial charge in [0.1, 0.15) is 16.1 Å². The highest BCUT2D eigenvalue weighted by atomic mass is 32.1. The largest absolute Gasteiger partial charge is 0.363 e. The monoisotopic (exact) mass is 410 g/mol. The van der Waals surface area contributed by atoms with Crippen molar-refractivity contribution in [3.05, 3.63) is 52.7 Å². The van der Waals surface area contributed by atoms with E-state index in [1.807, 2.05) is 18.2 Å². The summed E-state index contributed by atoms with van der Waals surface area (Å²) < 4.78 is 3.99. The second kappa shape index (κ2) is 8.02. The number of fused-ring (bicyclic) bond motifs is 1. The lowest BCUT2D eigenvalue weighted by Crippen LogP contribution is -2.48. The topological polar surface area (TPSA) is 122 Å². The lowest BCUT2D eigenvalue weighted by molar-refractivity contribution is -0.114. The van der Waals surface area contributed by atoms with E-state index in [9.17, 15) is 14.4 Å². The van der Waals surface area contributed by atoms with Crippen LogP contribution in [-0.2, 0) is 11.3 Å². The standard InChI is InChI=1S/C19H18N6O3S/c20-17(27)15(26)16-14-18(23-29-16)21-10-13(22-14)19(28)25-8-6-24(7-9-25)11-12-4-2-1-3-5-12/h1-5,10H,6-9,11H2,(H2,20,27). The van der Waals surface area contributed by atoms with Crippen LogP contribution in [0.15, 0.2) is 36.5 Å². The van der Waals surface area contributed by atoms with Crippen LogP contribution in [0.3, 0.4) is 0 Å². The van der Waals surface area contributed by atoms with E-state index in [4.69, 9.17) is 5.73 Å². The van der Waals surface area contributed by atoms with E-state index in [1.54, 1.807) is 4.90 Å². The van der Waals surface area contributed by atoms with Gasteiger partial charge in [0.05, 0.1) is 6.20 Å². The number of hydrogen-bond acceptors (Lipinski definition) is 8. The lowest BCUT2D eigenvalue weighted by Gasteiger charge is -2.34. The molecule has 1 aliphatic heterocycles. The molecule has 3 heterocycles. The summed E-state index contributed by atoms with van der Waals surface area (Å²) in [6.07, 6.45) is 1.35. The average molecular weight is 410 g/mol. The first-order valence-corrected chi connectivity index (χ1v) is 9.82. The highest BCUT2D eigenvalue weighted by Gasteiger charge is 2.26. The van der Waals surface area contributed by atoms with Gasteiger partial charge in [-0.2, -0.15) is 4.37 Å². The SMILES string of the molecule is NC(=O)C(=O)c1snc2ncc(C(=O)N3CCN(Cc4ccccc4)CC3)nc12. The molecule has 3 aromatic rings. The first kappa shape index (κ1) is 19.1. The third kappa shape index (κ3) is 3.98. The van der Waals surface area contributed by atoms with Gasteiger partial charge in [-0.3, -0.25) is 19.3 Å². The number of benzene rings is 1. The van der Waals surface area contributed by atoms with Crippen LogP contribution < -0.4 is 5.73 Å². The Hall–Kier alpha value is -3.24. The Bertz CT molecular complexity index is 1080. The summed E-state index contributed by atoms with van der Waals surface area (Å²) in [4.78, 5) is 48.3. The molecule has 2 aromatic heterocycles. The van der Waals surface area contributed by atoms with Gasteiger partial charge in [0, 0.05) is 32.7 Å². The van der Waals surface area contributed by atoms with Gasteiger partial charge in [-0.15, -0.1) is 0 Å². The maximum atomic E-state index is 12.9. The van der Waals surface area contributed by atoms with E-state index in [1.165, 1.54) is 11.8 Å². The molecule has 2 amide bonds. The number of nitrogens with zero attached hydrogens (tertiary/aromatic N) is 5. The number of hydrogen-bond donors (Lipinski definition) is 1. The summed E-state index contributed by atoms with van der Waals surface area (Å²) in [6.45, 7) is 3.48. The van der Waals surface area contributed by atoms with Gasteiger partial charge in [-0.25, -0.2) is 9.97 Å². The second-order valence-corrected chi connectivity index (χ2v) is 7.46. The summed E-state index contributed by atoms with van der Waals surface area (Å²) in [5.74, 6) is -2.24. The van der Waals surface area contributed by atoms with Gasteiger partial charge in [0.25, 0.3) is 17.6 Å². The molecule has 0 aliphatic carbocycles. The molecule has 1 saturated heterocycles. The summed E-state index contributed by atoms with van der Waals surface area (Å²) in [5.41, 5.74) is 6.76. The maximum absolute atomic E-state index is 12.9. The molecule has 148 valence electrons. The van der Waals surface area contributed by atoms with Crippen LogP contribution in [0.25, 0.3) is 11.2 Å². The Morgan fingerprint density at radius 2 is 1.79 bits per heavy atom. The van der Waals surface area contributed by atoms with E-state index >= 15 is 0 Å². The number of aromatic nitrogens is 3. The molecule has 1 aromatic carbocycles. The normalized spacial score (nSPS) is 14.8. The quantitative estimate of drug-likeness (QED) is 0.485. The molecule has 0 bridgehead atoms. The van der Waals surface area contributed by atoms with Crippen molar-refractivity contribution in [3.63, 3.8) is 0 Å². The lowest BCUT2D eigenvalue weighted by atomic mass is 10.2. The zero-order valence-corrected chi connectivity index (χ0v) is 16.3. The molecule has 29 heavy (non-hydrogen) atoms. The number of piperazine rings is 1. The number of Topliss-reactive ketones (excluding diaryl/α,β-unsaturated/α-hetero) is 1. The first-order valence-electron chi connectivity index (χ1n) is 9.05. The van der Waals surface area contributed by atoms with Crippen molar-refractivity contribution in [1.82, 2.24) is 24.1 Å². The number of ketones is 1. The van der Waals surface area contributed by atoms with Gasteiger partial charge < -0.3 is 10.6 Å². The molecule has 2 N–H and O–H groups in total. The molecule has 0 unspecified atom stereocenters. The van der Waals surface area contributed by atoms with E-state index < -0.39 is 11.7 Å². The molecule has 1 aliphatic rings. The van der Waals surface area contributed by atoms with Crippen molar-refractivity contribution < 1.29 is 14.4 Å². The minimum Gasteiger partial charge on any atom is -0.363 e. The number of carbonyl (C=O) groups excluding carboxylic acids is 3. The Kier molecular flexibility index (Phi) is 5.28. The number of rotatable bonds is 5. The maximum Gasteiger partial charge on any atom is 0.290 e. The van der Waals surface area contributed by atoms with Gasteiger partial charge in [-0.05, 0) is 17.1 Å². The van der Waals surface area contributed by atoms with E-state index in [0.29, 0.717) is 13.1 Å². The highest BCUT2D eigenvalue weighted by molar-refractivity contribution is 7.10. The average Bonchev–Trinajstić information content (AvgIpc) is 3.17. The fourth-order valence-corrected chi connectivity index (χ4v) is 3.93. The predicted molar refractivity (Wildman–Crippen MR) is 106 cm³/mol. The summed E-state index contributed by atoms with van der Waals surface area (Å²) in [7, 11) is 0. The number of primary amides is 1. The number of nitrogens with two attached hydrogens (primary N) is 1. The van der Waals surface area contributed by atoms with Crippen LogP contribution >= 0.6 is 11.5 Å². The van der Waals surface area contributed by atoms with Gasteiger partial charge in [0.2, 0.25) is 0 Å². The predicted octanol–water partition coefficient (Wildman–Crippen LogP) is 0.712. The summed E-state index contributed by atoms with van der Waals surface area (Å²) in [5, 5.41) is 0. The first-order chi connectivity index (χ1) is 14.0. The van der Waals surface area contributed by atoms with E-state index in [2.05, 4.69) is 31.4 Å². The fourth-order valence-electron chi connectivity index (χ4n) is 3.21. The van der Waals surface area contributed by atoms with Crippen LogP contribution in [0, 0.1) is 0 Å². The highest BCUT2D eigenvalue weighted by Crippen LogP contribution is 2.20. The van der Waals surface area contributed by atoms with Crippen LogP contribution in [0.4, 0.5) is 0 Å². The van der Waals surface area contributed by atoms with E-state index in [0.717, 1.165) is 31.2 Å². The fraction of sp³-hybridized carbons (Fsp3) is 0.263.